The Morgan fingerprint density at radius 3 is 2.49 bits per heavy atom. The molecule has 3 rings (SSSR count). The molecular weight excluding hydrogens is 483 g/mol. The number of piperidine rings is 1. The van der Waals surface area contributed by atoms with Crippen molar-refractivity contribution < 1.29 is 27.6 Å². The highest BCUT2D eigenvalue weighted by atomic mass is 32.2. The summed E-state index contributed by atoms with van der Waals surface area (Å²) >= 11 is 0.917. The highest BCUT2D eigenvalue weighted by Crippen LogP contribution is 2.49. The first-order chi connectivity index (χ1) is 16.3. The van der Waals surface area contributed by atoms with Crippen LogP contribution >= 0.6 is 11.8 Å². The quantitative estimate of drug-likeness (QED) is 0.352. The minimum Gasteiger partial charge on any atom is -0.444 e. The first-order valence-corrected chi connectivity index (χ1v) is 12.0. The van der Waals surface area contributed by atoms with Crippen LogP contribution in [0, 0.1) is 16.0 Å². The number of nitrogens with one attached hydrogen (secondary N) is 1. The van der Waals surface area contributed by atoms with Crippen LogP contribution in [-0.2, 0) is 10.9 Å². The number of nitrogens with zero attached hydrogens (tertiary/aromatic N) is 2. The van der Waals surface area contributed by atoms with Crippen molar-refractivity contribution >= 4 is 29.2 Å². The molecule has 0 unspecified atom stereocenters. The highest BCUT2D eigenvalue weighted by molar-refractivity contribution is 7.99. The van der Waals surface area contributed by atoms with E-state index < -0.39 is 39.7 Å². The number of ether oxygens (including phenoxy) is 1. The van der Waals surface area contributed by atoms with Crippen LogP contribution in [0.5, 0.6) is 0 Å². The lowest BCUT2D eigenvalue weighted by molar-refractivity contribution is -0.384. The van der Waals surface area contributed by atoms with Gasteiger partial charge in [-0.3, -0.25) is 10.1 Å². The number of alkyl halides is 3. The van der Waals surface area contributed by atoms with Gasteiger partial charge in [0.2, 0.25) is 0 Å². The molecule has 0 bridgehead atoms. The van der Waals surface area contributed by atoms with Crippen LogP contribution in [0.25, 0.3) is 0 Å². The number of rotatable bonds is 6. The number of anilines is 1. The second-order valence-electron chi connectivity index (χ2n) is 9.31. The fourth-order valence-electron chi connectivity index (χ4n) is 3.98. The predicted molar refractivity (Wildman–Crippen MR) is 128 cm³/mol. The van der Waals surface area contributed by atoms with Crippen LogP contribution in [0.15, 0.2) is 52.3 Å². The Labute approximate surface area is 206 Å². The molecule has 1 saturated heterocycles. The average molecular weight is 512 g/mol. The normalized spacial score (nSPS) is 16.6. The van der Waals surface area contributed by atoms with Gasteiger partial charge in [-0.1, -0.05) is 30.0 Å². The van der Waals surface area contributed by atoms with Crippen LogP contribution in [0.2, 0.25) is 0 Å². The summed E-state index contributed by atoms with van der Waals surface area (Å²) in [6.45, 7) is 5.76. The van der Waals surface area contributed by atoms with Gasteiger partial charge in [0.15, 0.2) is 0 Å². The molecule has 2 aromatic rings. The fraction of sp³-hybridized carbons (Fsp3) is 0.458. The third kappa shape index (κ3) is 7.27. The van der Waals surface area contributed by atoms with Crippen LogP contribution in [0.1, 0.15) is 39.2 Å². The van der Waals surface area contributed by atoms with Gasteiger partial charge in [0.05, 0.1) is 10.5 Å². The maximum absolute atomic E-state index is 14.4. The molecule has 1 fully saturated rings. The Kier molecular flexibility index (Phi) is 8.19. The second kappa shape index (κ2) is 10.8. The van der Waals surface area contributed by atoms with Crippen molar-refractivity contribution in [2.45, 2.75) is 55.2 Å². The van der Waals surface area contributed by atoms with Crippen LogP contribution < -0.4 is 10.2 Å². The molecule has 11 heteroatoms. The highest BCUT2D eigenvalue weighted by Gasteiger charge is 2.42. The Morgan fingerprint density at radius 2 is 1.89 bits per heavy atom. The lowest BCUT2D eigenvalue weighted by atomic mass is 9.96. The topological polar surface area (TPSA) is 84.7 Å². The van der Waals surface area contributed by atoms with Gasteiger partial charge < -0.3 is 15.0 Å². The molecule has 0 radical (unpaired) electrons. The number of alkyl carbamates (subject to hydrolysis) is 1. The number of amides is 1. The zero-order valence-electron chi connectivity index (χ0n) is 19.7. The molecule has 2 aromatic carbocycles. The maximum Gasteiger partial charge on any atom is 0.419 e. The third-order valence-electron chi connectivity index (χ3n) is 5.34. The summed E-state index contributed by atoms with van der Waals surface area (Å²) in [7, 11) is 0. The van der Waals surface area contributed by atoms with Crippen molar-refractivity contribution in [1.29, 1.82) is 0 Å². The van der Waals surface area contributed by atoms with E-state index in [4.69, 9.17) is 4.74 Å². The molecular formula is C24H28F3N3O4S. The van der Waals surface area contributed by atoms with Crippen LogP contribution in [0.3, 0.4) is 0 Å². The molecule has 0 spiro atoms. The van der Waals surface area contributed by atoms with E-state index >= 15 is 0 Å². The van der Waals surface area contributed by atoms with E-state index in [1.807, 2.05) is 0 Å². The van der Waals surface area contributed by atoms with Crippen LogP contribution in [0.4, 0.5) is 29.3 Å². The minimum atomic E-state index is -4.81. The van der Waals surface area contributed by atoms with Crippen molar-refractivity contribution in [3.63, 3.8) is 0 Å². The molecule has 0 aliphatic carbocycles. The molecule has 1 heterocycles. The number of benzene rings is 2. The predicted octanol–water partition coefficient (Wildman–Crippen LogP) is 6.51. The largest absolute Gasteiger partial charge is 0.444 e. The first kappa shape index (κ1) is 26.7. The Balaban J connectivity index is 1.93. The van der Waals surface area contributed by atoms with Gasteiger partial charge >= 0.3 is 12.3 Å². The van der Waals surface area contributed by atoms with Crippen molar-refractivity contribution in [2.24, 2.45) is 5.92 Å². The fourth-order valence-corrected chi connectivity index (χ4v) is 4.98. The summed E-state index contributed by atoms with van der Waals surface area (Å²) in [5.41, 5.74) is -2.70. The van der Waals surface area contributed by atoms with Gasteiger partial charge in [-0.25, -0.2) is 4.79 Å². The van der Waals surface area contributed by atoms with E-state index in [0.29, 0.717) is 17.7 Å². The van der Waals surface area contributed by atoms with Crippen molar-refractivity contribution in [3.8, 4) is 0 Å². The maximum atomic E-state index is 14.4. The molecule has 35 heavy (non-hydrogen) atoms. The molecule has 1 aliphatic heterocycles. The first-order valence-electron chi connectivity index (χ1n) is 11.2. The van der Waals surface area contributed by atoms with Crippen LogP contribution in [-0.4, -0.2) is 36.3 Å². The summed E-state index contributed by atoms with van der Waals surface area (Å²) in [5, 5.41) is 14.4. The molecule has 1 aliphatic rings. The van der Waals surface area contributed by atoms with E-state index in [-0.39, 0.29) is 30.4 Å². The number of carbonyl (C=O) groups excluding carboxylic acids is 1. The van der Waals surface area contributed by atoms with E-state index in [1.54, 1.807) is 51.1 Å². The van der Waals surface area contributed by atoms with Crippen molar-refractivity contribution in [3.05, 3.63) is 58.1 Å². The Morgan fingerprint density at radius 1 is 1.20 bits per heavy atom. The molecule has 1 N–H and O–H groups in total. The number of carbonyl (C=O) groups is 1. The summed E-state index contributed by atoms with van der Waals surface area (Å²) in [4.78, 5) is 24.9. The molecule has 0 aromatic heterocycles. The Bertz CT molecular complexity index is 1060. The zero-order valence-corrected chi connectivity index (χ0v) is 20.5. The van der Waals surface area contributed by atoms with Gasteiger partial charge in [-0.2, -0.15) is 13.2 Å². The van der Waals surface area contributed by atoms with Crippen molar-refractivity contribution in [2.75, 3.05) is 24.5 Å². The van der Waals surface area contributed by atoms with Gasteiger partial charge in [-0.15, -0.1) is 0 Å². The second-order valence-corrected chi connectivity index (χ2v) is 10.4. The Hall–Kier alpha value is -2.95. The molecule has 1 amide bonds. The standard InChI is InChI=1S/C24H28F3N3O4S/c1-23(2,3)34-22(31)28-14-16-8-7-13-29(15-16)21-18(30(32)33)11-12-19(20(21)24(25,26)27)35-17-9-5-4-6-10-17/h4-6,9-12,16H,7-8,13-15H2,1-3H3,(H,28,31)/t16-/m0/s1. The van der Waals surface area contributed by atoms with E-state index in [1.165, 1.54) is 4.90 Å². The molecule has 7 nitrogen and oxygen atoms in total. The zero-order chi connectivity index (χ0) is 25.8. The molecule has 190 valence electrons. The molecule has 1 atom stereocenters. The SMILES string of the molecule is CC(C)(C)OC(=O)NC[C@@H]1CCCN(c2c([N+](=O)[O-])ccc(Sc3ccccc3)c2C(F)(F)F)C1. The summed E-state index contributed by atoms with van der Waals surface area (Å²) in [6, 6.07) is 10.9. The van der Waals surface area contributed by atoms with Crippen molar-refractivity contribution in [1.82, 2.24) is 5.32 Å². The number of nitro groups is 1. The number of halogens is 3. The summed E-state index contributed by atoms with van der Waals surface area (Å²) in [5.74, 6) is -0.192. The third-order valence-corrected chi connectivity index (χ3v) is 6.41. The van der Waals surface area contributed by atoms with Gasteiger partial charge in [-0.05, 0) is 57.7 Å². The monoisotopic (exact) mass is 511 g/mol. The van der Waals surface area contributed by atoms with E-state index in [2.05, 4.69) is 5.32 Å². The number of hydrogen-bond acceptors (Lipinski definition) is 6. The van der Waals surface area contributed by atoms with Gasteiger partial charge in [0, 0.05) is 35.5 Å². The van der Waals surface area contributed by atoms with E-state index in [0.717, 1.165) is 23.9 Å². The average Bonchev–Trinajstić information content (AvgIpc) is 2.76. The lowest BCUT2D eigenvalue weighted by Crippen LogP contribution is -2.43. The number of nitro benzene ring substituents is 1. The summed E-state index contributed by atoms with van der Waals surface area (Å²) in [6.07, 6.45) is -4.22. The molecule has 0 saturated carbocycles. The van der Waals surface area contributed by atoms with Gasteiger partial charge in [0.25, 0.3) is 5.69 Å². The summed E-state index contributed by atoms with van der Waals surface area (Å²) < 4.78 is 48.4. The minimum absolute atomic E-state index is 0.0988. The smallest absolute Gasteiger partial charge is 0.419 e. The van der Waals surface area contributed by atoms with E-state index in [9.17, 15) is 28.1 Å². The number of hydrogen-bond donors (Lipinski definition) is 1. The lowest BCUT2D eigenvalue weighted by Gasteiger charge is -2.36. The van der Waals surface area contributed by atoms with Gasteiger partial charge in [0.1, 0.15) is 11.3 Å².